The molecule has 0 aliphatic heterocycles. The smallest absolute Gasteiger partial charge is 0.265 e. The number of nitrogens with two attached hydrogens (primary N) is 1. The number of carbonyl (C=O) groups excluding carboxylic acids is 1. The number of rotatable bonds is 4. The maximum atomic E-state index is 14.2. The summed E-state index contributed by atoms with van der Waals surface area (Å²) in [5, 5.41) is 9.81. The Hall–Kier alpha value is -4.62. The van der Waals surface area contributed by atoms with E-state index in [1.165, 1.54) is 23.0 Å². The molecule has 0 spiro atoms. The van der Waals surface area contributed by atoms with Crippen LogP contribution >= 0.6 is 0 Å². The summed E-state index contributed by atoms with van der Waals surface area (Å²) in [4.78, 5) is 29.8. The zero-order valence-corrected chi connectivity index (χ0v) is 20.0. The quantitative estimate of drug-likeness (QED) is 0.375. The van der Waals surface area contributed by atoms with Crippen molar-refractivity contribution in [3.63, 3.8) is 0 Å². The van der Waals surface area contributed by atoms with Gasteiger partial charge in [-0.15, -0.1) is 0 Å². The fraction of sp³-hybridized carbons (Fsp3) is 0.100. The van der Waals surface area contributed by atoms with Crippen LogP contribution in [0.25, 0.3) is 38.8 Å². The molecule has 5 aromatic rings. The SMILES string of the molecule is Cc1c(-c2ccc(C(N)=O)c3c2-c2ccc(CO)cc2C3)cccc1-n1cnc2c(F)cccc2c1=O. The number of hydrogen-bond acceptors (Lipinski definition) is 4. The molecule has 1 aliphatic rings. The number of halogens is 1. The van der Waals surface area contributed by atoms with Gasteiger partial charge in [-0.05, 0) is 82.1 Å². The highest BCUT2D eigenvalue weighted by atomic mass is 19.1. The summed E-state index contributed by atoms with van der Waals surface area (Å²) in [6.45, 7) is 1.85. The van der Waals surface area contributed by atoms with Gasteiger partial charge in [0.15, 0.2) is 0 Å². The third-order valence-electron chi connectivity index (χ3n) is 7.16. The summed E-state index contributed by atoms with van der Waals surface area (Å²) in [6, 6.07) is 19.4. The third kappa shape index (κ3) is 3.47. The van der Waals surface area contributed by atoms with Crippen LogP contribution in [0.1, 0.15) is 32.6 Å². The van der Waals surface area contributed by atoms with Crippen molar-refractivity contribution >= 4 is 16.8 Å². The molecule has 0 radical (unpaired) electrons. The van der Waals surface area contributed by atoms with Crippen molar-refractivity contribution in [2.75, 3.05) is 0 Å². The van der Waals surface area contributed by atoms with Gasteiger partial charge >= 0.3 is 0 Å². The monoisotopic (exact) mass is 491 g/mol. The lowest BCUT2D eigenvalue weighted by atomic mass is 9.89. The van der Waals surface area contributed by atoms with Crippen LogP contribution < -0.4 is 11.3 Å². The van der Waals surface area contributed by atoms with Gasteiger partial charge in [-0.3, -0.25) is 14.2 Å². The zero-order valence-electron chi connectivity index (χ0n) is 20.0. The largest absolute Gasteiger partial charge is 0.392 e. The van der Waals surface area contributed by atoms with Gasteiger partial charge in [0, 0.05) is 5.56 Å². The van der Waals surface area contributed by atoms with Gasteiger partial charge in [-0.2, -0.15) is 0 Å². The molecule has 0 fully saturated rings. The van der Waals surface area contributed by atoms with Crippen molar-refractivity contribution in [2.45, 2.75) is 20.0 Å². The number of para-hydroxylation sites is 1. The molecule has 37 heavy (non-hydrogen) atoms. The van der Waals surface area contributed by atoms with Crippen molar-refractivity contribution in [1.82, 2.24) is 9.55 Å². The minimum Gasteiger partial charge on any atom is -0.392 e. The first-order valence-corrected chi connectivity index (χ1v) is 11.8. The second-order valence-electron chi connectivity index (χ2n) is 9.21. The molecule has 4 aromatic carbocycles. The summed E-state index contributed by atoms with van der Waals surface area (Å²) >= 11 is 0. The van der Waals surface area contributed by atoms with Crippen molar-refractivity contribution in [3.05, 3.63) is 117 Å². The molecule has 0 unspecified atom stereocenters. The van der Waals surface area contributed by atoms with E-state index in [4.69, 9.17) is 5.73 Å². The van der Waals surface area contributed by atoms with Gasteiger partial charge in [0.05, 0.1) is 17.7 Å². The molecular weight excluding hydrogens is 469 g/mol. The molecule has 0 atom stereocenters. The van der Waals surface area contributed by atoms with Crippen LogP contribution in [0.4, 0.5) is 4.39 Å². The number of carbonyl (C=O) groups is 1. The highest BCUT2D eigenvalue weighted by Gasteiger charge is 2.27. The molecule has 182 valence electrons. The first-order chi connectivity index (χ1) is 17.9. The Kier molecular flexibility index (Phi) is 5.24. The van der Waals surface area contributed by atoms with E-state index in [-0.39, 0.29) is 23.1 Å². The minimum absolute atomic E-state index is 0.0382. The Morgan fingerprint density at radius 1 is 1.05 bits per heavy atom. The van der Waals surface area contributed by atoms with E-state index < -0.39 is 11.7 Å². The number of nitrogens with zero attached hydrogens (tertiary/aromatic N) is 2. The van der Waals surface area contributed by atoms with Crippen LogP contribution in [0.2, 0.25) is 0 Å². The normalized spacial score (nSPS) is 12.0. The standard InChI is InChI=1S/C30H22FN3O3/c1-16-19(4-3-7-26(16)34-15-33-28-23(30(34)37)5-2-6-25(28)31)21-10-11-22(29(32)36)24-13-18-12-17(14-35)8-9-20(18)27(21)24/h2-12,15,35H,13-14H2,1H3,(H2,32,36). The first-order valence-electron chi connectivity index (χ1n) is 11.8. The fourth-order valence-electron chi connectivity index (χ4n) is 5.39. The van der Waals surface area contributed by atoms with Crippen LogP contribution in [-0.4, -0.2) is 20.6 Å². The Morgan fingerprint density at radius 2 is 1.84 bits per heavy atom. The van der Waals surface area contributed by atoms with E-state index in [0.717, 1.165) is 44.5 Å². The van der Waals surface area contributed by atoms with Crippen LogP contribution in [-0.2, 0) is 13.0 Å². The number of primary amides is 1. The Labute approximate surface area is 211 Å². The summed E-state index contributed by atoms with van der Waals surface area (Å²) in [7, 11) is 0. The number of amides is 1. The lowest BCUT2D eigenvalue weighted by Crippen LogP contribution is -2.20. The Balaban J connectivity index is 1.58. The minimum atomic E-state index is -0.541. The van der Waals surface area contributed by atoms with Crippen LogP contribution in [0.5, 0.6) is 0 Å². The molecule has 0 bridgehead atoms. The highest BCUT2D eigenvalue weighted by molar-refractivity contribution is 6.02. The molecule has 1 heterocycles. The molecule has 1 aliphatic carbocycles. The van der Waals surface area contributed by atoms with Gasteiger partial charge < -0.3 is 10.8 Å². The van der Waals surface area contributed by atoms with Crippen LogP contribution in [0.15, 0.2) is 77.9 Å². The Morgan fingerprint density at radius 3 is 2.62 bits per heavy atom. The molecule has 1 aromatic heterocycles. The average Bonchev–Trinajstić information content (AvgIpc) is 3.28. The second kappa shape index (κ2) is 8.50. The number of aromatic nitrogens is 2. The van der Waals surface area contributed by atoms with Gasteiger partial charge in [0.25, 0.3) is 5.56 Å². The van der Waals surface area contributed by atoms with Crippen molar-refractivity contribution in [3.8, 4) is 27.9 Å². The predicted octanol–water partition coefficient (Wildman–Crippen LogP) is 4.66. The fourth-order valence-corrected chi connectivity index (χ4v) is 5.39. The van der Waals surface area contributed by atoms with Gasteiger partial charge in [0.2, 0.25) is 5.91 Å². The van der Waals surface area contributed by atoms with E-state index in [0.29, 0.717) is 17.7 Å². The molecular formula is C30H22FN3O3. The summed E-state index contributed by atoms with van der Waals surface area (Å²) < 4.78 is 15.6. The topological polar surface area (TPSA) is 98.2 Å². The second-order valence-corrected chi connectivity index (χ2v) is 9.21. The maximum absolute atomic E-state index is 14.2. The van der Waals surface area contributed by atoms with Gasteiger partial charge in [-0.25, -0.2) is 9.37 Å². The Bertz CT molecular complexity index is 1820. The number of hydrogen-bond donors (Lipinski definition) is 2. The molecule has 0 saturated heterocycles. The highest BCUT2D eigenvalue weighted by Crippen LogP contribution is 2.45. The first kappa shape index (κ1) is 22.8. The molecule has 7 heteroatoms. The summed E-state index contributed by atoms with van der Waals surface area (Å²) in [5.74, 6) is -1.04. The number of benzene rings is 4. The van der Waals surface area contributed by atoms with E-state index >= 15 is 0 Å². The number of fused-ring (bicyclic) bond motifs is 4. The predicted molar refractivity (Wildman–Crippen MR) is 140 cm³/mol. The summed E-state index contributed by atoms with van der Waals surface area (Å²) in [6.07, 6.45) is 1.88. The lowest BCUT2D eigenvalue weighted by molar-refractivity contribution is 0.0999. The lowest BCUT2D eigenvalue weighted by Gasteiger charge is -2.17. The molecule has 0 saturated carbocycles. The van der Waals surface area contributed by atoms with Crippen molar-refractivity contribution < 1.29 is 14.3 Å². The average molecular weight is 492 g/mol. The maximum Gasteiger partial charge on any atom is 0.265 e. The van der Waals surface area contributed by atoms with Gasteiger partial charge in [-0.1, -0.05) is 42.5 Å². The molecule has 6 rings (SSSR count). The zero-order chi connectivity index (χ0) is 25.8. The number of aliphatic hydroxyl groups is 1. The molecule has 3 N–H and O–H groups in total. The van der Waals surface area contributed by atoms with E-state index in [2.05, 4.69) is 4.98 Å². The van der Waals surface area contributed by atoms with E-state index in [1.54, 1.807) is 12.1 Å². The van der Waals surface area contributed by atoms with E-state index in [1.807, 2.05) is 49.4 Å². The molecule has 6 nitrogen and oxygen atoms in total. The number of aliphatic hydroxyl groups excluding tert-OH is 1. The van der Waals surface area contributed by atoms with Crippen molar-refractivity contribution in [1.29, 1.82) is 0 Å². The third-order valence-corrected chi connectivity index (χ3v) is 7.16. The molecule has 1 amide bonds. The van der Waals surface area contributed by atoms with E-state index in [9.17, 15) is 19.1 Å². The van der Waals surface area contributed by atoms with Crippen molar-refractivity contribution in [2.24, 2.45) is 5.73 Å². The van der Waals surface area contributed by atoms with Gasteiger partial charge in [0.1, 0.15) is 17.7 Å². The summed E-state index contributed by atoms with van der Waals surface area (Å²) in [5.41, 5.74) is 13.7. The van der Waals surface area contributed by atoms with Crippen LogP contribution in [0, 0.1) is 12.7 Å². The van der Waals surface area contributed by atoms with Crippen LogP contribution in [0.3, 0.4) is 0 Å².